The largest absolute Gasteiger partial charge is 0.497 e. The van der Waals surface area contributed by atoms with Gasteiger partial charge in [0.1, 0.15) is 18.0 Å². The summed E-state index contributed by atoms with van der Waals surface area (Å²) in [6.07, 6.45) is 1.87. The van der Waals surface area contributed by atoms with E-state index >= 15 is 0 Å². The van der Waals surface area contributed by atoms with Gasteiger partial charge in [-0.25, -0.2) is 0 Å². The lowest BCUT2D eigenvalue weighted by atomic mass is 10.1. The van der Waals surface area contributed by atoms with E-state index in [1.54, 1.807) is 39.3 Å². The van der Waals surface area contributed by atoms with E-state index in [1.807, 2.05) is 35.0 Å². The maximum atomic E-state index is 12.6. The molecule has 4 rings (SSSR count). The number of ether oxygens (including phenoxy) is 2. The molecule has 0 fully saturated rings. The molecule has 0 unspecified atom stereocenters. The van der Waals surface area contributed by atoms with Crippen molar-refractivity contribution >= 4 is 22.5 Å². The smallest absolute Gasteiger partial charge is 0.247 e. The van der Waals surface area contributed by atoms with Gasteiger partial charge in [0.2, 0.25) is 17.7 Å². The van der Waals surface area contributed by atoms with Gasteiger partial charge in [-0.3, -0.25) is 4.79 Å². The van der Waals surface area contributed by atoms with Gasteiger partial charge in [-0.15, -0.1) is 10.2 Å². The predicted octanol–water partition coefficient (Wildman–Crippen LogP) is 3.66. The van der Waals surface area contributed by atoms with Crippen LogP contribution in [0.25, 0.3) is 22.4 Å². The fraction of sp³-hybridized carbons (Fsp3) is 0.190. The van der Waals surface area contributed by atoms with Crippen LogP contribution in [0, 0.1) is 6.92 Å². The number of benzene rings is 2. The van der Waals surface area contributed by atoms with Crippen molar-refractivity contribution in [3.05, 3.63) is 54.6 Å². The van der Waals surface area contributed by atoms with Crippen LogP contribution in [-0.2, 0) is 11.3 Å². The molecule has 0 atom stereocenters. The van der Waals surface area contributed by atoms with Crippen molar-refractivity contribution in [2.75, 3.05) is 19.5 Å². The number of amides is 1. The van der Waals surface area contributed by atoms with E-state index in [0.29, 0.717) is 29.0 Å². The first-order valence-electron chi connectivity index (χ1n) is 8.98. The van der Waals surface area contributed by atoms with E-state index in [-0.39, 0.29) is 12.5 Å². The van der Waals surface area contributed by atoms with Crippen molar-refractivity contribution in [2.24, 2.45) is 0 Å². The third kappa shape index (κ3) is 3.77. The number of nitrogens with one attached hydrogen (secondary N) is 1. The van der Waals surface area contributed by atoms with Crippen LogP contribution in [-0.4, -0.2) is 34.9 Å². The Kier molecular flexibility index (Phi) is 4.90. The number of nitrogens with zero attached hydrogens (tertiary/aromatic N) is 3. The number of rotatable bonds is 6. The fourth-order valence-corrected chi connectivity index (χ4v) is 3.11. The van der Waals surface area contributed by atoms with Gasteiger partial charge in [-0.05, 0) is 35.7 Å². The van der Waals surface area contributed by atoms with Gasteiger partial charge in [0, 0.05) is 30.3 Å². The molecule has 2 heterocycles. The van der Waals surface area contributed by atoms with Crippen LogP contribution in [0.5, 0.6) is 11.5 Å². The molecule has 0 radical (unpaired) electrons. The summed E-state index contributed by atoms with van der Waals surface area (Å²) in [6.45, 7) is 1.89. The highest BCUT2D eigenvalue weighted by Crippen LogP contribution is 2.29. The van der Waals surface area contributed by atoms with Crippen LogP contribution in [0.2, 0.25) is 0 Å². The van der Waals surface area contributed by atoms with E-state index in [9.17, 15) is 4.79 Å². The summed E-state index contributed by atoms with van der Waals surface area (Å²) in [7, 11) is 3.12. The molecule has 0 bridgehead atoms. The van der Waals surface area contributed by atoms with E-state index in [1.165, 1.54) is 0 Å². The molecular formula is C21H20N4O4. The maximum absolute atomic E-state index is 12.6. The molecule has 0 aliphatic rings. The molecule has 1 N–H and O–H groups in total. The summed E-state index contributed by atoms with van der Waals surface area (Å²) in [5.41, 5.74) is 2.28. The first-order valence-corrected chi connectivity index (χ1v) is 8.98. The molecule has 0 spiro atoms. The minimum absolute atomic E-state index is 0.144. The Morgan fingerprint density at radius 1 is 1.10 bits per heavy atom. The molecule has 2 aromatic heterocycles. The topological polar surface area (TPSA) is 91.4 Å². The SMILES string of the molecule is COc1ccc(NC(=O)Cn2ccc3ccc(-c4nnc(C)o4)cc32)c(OC)c1. The van der Waals surface area contributed by atoms with Gasteiger partial charge in [0.25, 0.3) is 0 Å². The van der Waals surface area contributed by atoms with Gasteiger partial charge < -0.3 is 23.8 Å². The second-order valence-corrected chi connectivity index (χ2v) is 6.46. The average Bonchev–Trinajstić information content (AvgIpc) is 3.34. The molecule has 1 amide bonds. The standard InChI is InChI=1S/C21H20N4O4/c1-13-23-24-21(29-13)15-5-4-14-8-9-25(18(14)10-15)12-20(26)22-17-7-6-16(27-2)11-19(17)28-3/h4-11H,12H2,1-3H3,(H,22,26). The lowest BCUT2D eigenvalue weighted by molar-refractivity contribution is -0.116. The summed E-state index contributed by atoms with van der Waals surface area (Å²) in [5.74, 6) is 1.96. The number of hydrogen-bond acceptors (Lipinski definition) is 6. The van der Waals surface area contributed by atoms with Crippen LogP contribution in [0.1, 0.15) is 5.89 Å². The van der Waals surface area contributed by atoms with E-state index in [4.69, 9.17) is 13.9 Å². The molecule has 0 saturated heterocycles. The first kappa shape index (κ1) is 18.5. The van der Waals surface area contributed by atoms with Gasteiger partial charge in [0.05, 0.1) is 19.9 Å². The number of aromatic nitrogens is 3. The van der Waals surface area contributed by atoms with Crippen molar-refractivity contribution in [3.63, 3.8) is 0 Å². The summed E-state index contributed by atoms with van der Waals surface area (Å²) >= 11 is 0. The van der Waals surface area contributed by atoms with Gasteiger partial charge in [-0.1, -0.05) is 6.07 Å². The van der Waals surface area contributed by atoms with Gasteiger partial charge in [0.15, 0.2) is 0 Å². The molecule has 4 aromatic rings. The van der Waals surface area contributed by atoms with Crippen LogP contribution in [0.15, 0.2) is 53.1 Å². The van der Waals surface area contributed by atoms with E-state index in [2.05, 4.69) is 15.5 Å². The molecule has 2 aromatic carbocycles. The average molecular weight is 392 g/mol. The molecule has 29 heavy (non-hydrogen) atoms. The Balaban J connectivity index is 1.57. The number of anilines is 1. The third-order valence-corrected chi connectivity index (χ3v) is 4.54. The number of hydrogen-bond donors (Lipinski definition) is 1. The van der Waals surface area contributed by atoms with Crippen LogP contribution < -0.4 is 14.8 Å². The Morgan fingerprint density at radius 2 is 1.97 bits per heavy atom. The zero-order chi connectivity index (χ0) is 20.4. The monoisotopic (exact) mass is 392 g/mol. The summed E-state index contributed by atoms with van der Waals surface area (Å²) in [6, 6.07) is 13.0. The third-order valence-electron chi connectivity index (χ3n) is 4.54. The Hall–Kier alpha value is -3.81. The minimum Gasteiger partial charge on any atom is -0.497 e. The van der Waals surface area contributed by atoms with Gasteiger partial charge in [-0.2, -0.15) is 0 Å². The lowest BCUT2D eigenvalue weighted by Gasteiger charge is -2.12. The van der Waals surface area contributed by atoms with Crippen molar-refractivity contribution in [3.8, 4) is 23.0 Å². The summed E-state index contributed by atoms with van der Waals surface area (Å²) in [5, 5.41) is 11.8. The highest BCUT2D eigenvalue weighted by Gasteiger charge is 2.13. The lowest BCUT2D eigenvalue weighted by Crippen LogP contribution is -2.18. The molecule has 0 saturated carbocycles. The highest BCUT2D eigenvalue weighted by molar-refractivity contribution is 5.94. The van der Waals surface area contributed by atoms with Crippen LogP contribution in [0.4, 0.5) is 5.69 Å². The molecular weight excluding hydrogens is 372 g/mol. The van der Waals surface area contributed by atoms with Crippen molar-refractivity contribution in [1.82, 2.24) is 14.8 Å². The van der Waals surface area contributed by atoms with Crippen LogP contribution >= 0.6 is 0 Å². The van der Waals surface area contributed by atoms with E-state index in [0.717, 1.165) is 16.5 Å². The molecule has 0 aliphatic carbocycles. The van der Waals surface area contributed by atoms with Crippen molar-refractivity contribution in [2.45, 2.75) is 13.5 Å². The fourth-order valence-electron chi connectivity index (χ4n) is 3.11. The maximum Gasteiger partial charge on any atom is 0.247 e. The second kappa shape index (κ2) is 7.67. The van der Waals surface area contributed by atoms with E-state index < -0.39 is 0 Å². The molecule has 148 valence electrons. The Labute approximate surface area is 167 Å². The number of carbonyl (C=O) groups is 1. The second-order valence-electron chi connectivity index (χ2n) is 6.46. The molecule has 8 nitrogen and oxygen atoms in total. The highest BCUT2D eigenvalue weighted by atomic mass is 16.5. The Morgan fingerprint density at radius 3 is 2.69 bits per heavy atom. The number of aryl methyl sites for hydroxylation is 1. The summed E-state index contributed by atoms with van der Waals surface area (Å²) in [4.78, 5) is 12.6. The van der Waals surface area contributed by atoms with Crippen molar-refractivity contribution < 1.29 is 18.7 Å². The normalized spacial score (nSPS) is 10.9. The first-order chi connectivity index (χ1) is 14.1. The molecule has 0 aliphatic heterocycles. The zero-order valence-electron chi connectivity index (χ0n) is 16.3. The number of methoxy groups -OCH3 is 2. The van der Waals surface area contributed by atoms with Crippen molar-refractivity contribution in [1.29, 1.82) is 0 Å². The van der Waals surface area contributed by atoms with Gasteiger partial charge >= 0.3 is 0 Å². The molecule has 8 heteroatoms. The number of fused-ring (bicyclic) bond motifs is 1. The minimum atomic E-state index is -0.176. The van der Waals surface area contributed by atoms with Crippen LogP contribution in [0.3, 0.4) is 0 Å². The quantitative estimate of drug-likeness (QED) is 0.538. The number of carbonyl (C=O) groups excluding carboxylic acids is 1. The predicted molar refractivity (Wildman–Crippen MR) is 108 cm³/mol. The zero-order valence-corrected chi connectivity index (χ0v) is 16.3. The summed E-state index contributed by atoms with van der Waals surface area (Å²) < 4.78 is 17.9. The Bertz CT molecular complexity index is 1180.